The lowest BCUT2D eigenvalue weighted by Gasteiger charge is -2.35. The van der Waals surface area contributed by atoms with Crippen molar-refractivity contribution in [2.24, 2.45) is 4.99 Å². The molecule has 3 rings (SSSR count). The van der Waals surface area contributed by atoms with Gasteiger partial charge < -0.3 is 9.80 Å². The molecule has 1 fully saturated rings. The number of hydrogen-bond acceptors (Lipinski definition) is 4. The van der Waals surface area contributed by atoms with Crippen molar-refractivity contribution in [3.63, 3.8) is 0 Å². The van der Waals surface area contributed by atoms with Gasteiger partial charge in [0.2, 0.25) is 0 Å². The van der Waals surface area contributed by atoms with Crippen LogP contribution in [-0.4, -0.2) is 45.7 Å². The number of rotatable bonds is 2. The Balaban J connectivity index is 1.86. The third kappa shape index (κ3) is 2.51. The smallest absolute Gasteiger partial charge is 0.325 e. The maximum Gasteiger partial charge on any atom is 0.325 e. The van der Waals surface area contributed by atoms with E-state index in [4.69, 9.17) is 11.6 Å². The molecule has 0 aromatic heterocycles. The van der Waals surface area contributed by atoms with E-state index in [0.29, 0.717) is 16.3 Å². The van der Waals surface area contributed by atoms with E-state index in [9.17, 15) is 9.59 Å². The zero-order chi connectivity index (χ0) is 15.1. The highest BCUT2D eigenvalue weighted by Crippen LogP contribution is 2.27. The highest BCUT2D eigenvalue weighted by Gasteiger charge is 2.47. The molecule has 8 heteroatoms. The Kier molecular flexibility index (Phi) is 3.62. The van der Waals surface area contributed by atoms with Crippen LogP contribution < -0.4 is 5.32 Å². The van der Waals surface area contributed by atoms with Crippen molar-refractivity contribution in [2.45, 2.75) is 18.8 Å². The molecule has 1 aromatic rings. The average molecular weight is 372 g/mol. The number of nitrogens with one attached hydrogen (secondary N) is 1. The van der Waals surface area contributed by atoms with Gasteiger partial charge in [0, 0.05) is 18.6 Å². The second-order valence-corrected chi connectivity index (χ2v) is 6.06. The van der Waals surface area contributed by atoms with Crippen LogP contribution in [0, 0.1) is 0 Å². The van der Waals surface area contributed by atoms with Gasteiger partial charge in [0.15, 0.2) is 17.0 Å². The van der Waals surface area contributed by atoms with Crippen molar-refractivity contribution in [3.8, 4) is 0 Å². The molecule has 2 heterocycles. The minimum atomic E-state index is -0.530. The number of hydrogen-bond donors (Lipinski definition) is 1. The number of benzene rings is 1. The van der Waals surface area contributed by atoms with Crippen LogP contribution in [0.3, 0.4) is 0 Å². The van der Waals surface area contributed by atoms with Gasteiger partial charge in [-0.25, -0.2) is 9.79 Å². The van der Waals surface area contributed by atoms with Crippen LogP contribution in [-0.2, 0) is 11.3 Å². The minimum absolute atomic E-state index is 0.338. The molecule has 21 heavy (non-hydrogen) atoms. The lowest BCUT2D eigenvalue weighted by Crippen LogP contribution is -2.63. The van der Waals surface area contributed by atoms with Gasteiger partial charge in [0.25, 0.3) is 5.91 Å². The highest BCUT2D eigenvalue weighted by atomic mass is 79.9. The first-order valence-electron chi connectivity index (χ1n) is 6.29. The SMILES string of the molecule is CN1C(=O)NC(=O)C2C1N=C(Br)N2Cc1ccc(Cl)cc1. The molecular formula is C13H12BrClN4O2. The highest BCUT2D eigenvalue weighted by molar-refractivity contribution is 9.18. The number of carbonyl (C=O) groups is 2. The van der Waals surface area contributed by atoms with E-state index in [-0.39, 0.29) is 5.91 Å². The Hall–Kier alpha value is -1.60. The summed E-state index contributed by atoms with van der Waals surface area (Å²) in [5.74, 6) is -0.338. The van der Waals surface area contributed by atoms with E-state index in [1.165, 1.54) is 4.90 Å². The Morgan fingerprint density at radius 1 is 1.33 bits per heavy atom. The number of likely N-dealkylation sites (N-methyl/N-ethyl adjacent to an activating group) is 1. The van der Waals surface area contributed by atoms with Gasteiger partial charge in [-0.1, -0.05) is 23.7 Å². The normalized spacial score (nSPS) is 24.8. The molecule has 2 aliphatic heterocycles. The van der Waals surface area contributed by atoms with E-state index < -0.39 is 18.2 Å². The van der Waals surface area contributed by atoms with Crippen molar-refractivity contribution in [2.75, 3.05) is 7.05 Å². The van der Waals surface area contributed by atoms with Gasteiger partial charge in [0.05, 0.1) is 0 Å². The Labute approximate surface area is 134 Å². The summed E-state index contributed by atoms with van der Waals surface area (Å²) in [6, 6.07) is 6.42. The zero-order valence-corrected chi connectivity index (χ0v) is 13.4. The largest absolute Gasteiger partial charge is 0.331 e. The van der Waals surface area contributed by atoms with Crippen molar-refractivity contribution in [1.29, 1.82) is 0 Å². The number of nitrogens with zero attached hydrogens (tertiary/aromatic N) is 3. The summed E-state index contributed by atoms with van der Waals surface area (Å²) in [6.07, 6.45) is -0.507. The van der Waals surface area contributed by atoms with Gasteiger partial charge in [-0.05, 0) is 33.6 Å². The summed E-state index contributed by atoms with van der Waals surface area (Å²) in [5, 5.41) is 3.00. The van der Waals surface area contributed by atoms with Gasteiger partial charge in [-0.15, -0.1) is 0 Å². The number of halogens is 2. The number of urea groups is 1. The number of amides is 3. The number of carbonyl (C=O) groups excluding carboxylic acids is 2. The molecular weight excluding hydrogens is 360 g/mol. The molecule has 0 saturated carbocycles. The Morgan fingerprint density at radius 3 is 2.67 bits per heavy atom. The van der Waals surface area contributed by atoms with Crippen LogP contribution in [0.4, 0.5) is 4.79 Å². The summed E-state index contributed by atoms with van der Waals surface area (Å²) < 4.78 is 0.559. The molecule has 2 atom stereocenters. The fourth-order valence-electron chi connectivity index (χ4n) is 2.44. The summed E-state index contributed by atoms with van der Waals surface area (Å²) in [4.78, 5) is 31.4. The first kappa shape index (κ1) is 14.3. The van der Waals surface area contributed by atoms with Crippen molar-refractivity contribution in [1.82, 2.24) is 15.1 Å². The third-order valence-electron chi connectivity index (χ3n) is 3.58. The number of aliphatic imine (C=N–C) groups is 1. The Bertz CT molecular complexity index is 634. The molecule has 0 spiro atoms. The molecule has 110 valence electrons. The molecule has 2 unspecified atom stereocenters. The second-order valence-electron chi connectivity index (χ2n) is 4.92. The predicted octanol–water partition coefficient (Wildman–Crippen LogP) is 1.78. The molecule has 1 aromatic carbocycles. The molecule has 3 amide bonds. The van der Waals surface area contributed by atoms with Gasteiger partial charge in [-0.3, -0.25) is 10.1 Å². The molecule has 6 nitrogen and oxygen atoms in total. The van der Waals surface area contributed by atoms with E-state index in [0.717, 1.165) is 5.56 Å². The number of imide groups is 1. The van der Waals surface area contributed by atoms with Gasteiger partial charge in [-0.2, -0.15) is 0 Å². The van der Waals surface area contributed by atoms with Crippen LogP contribution >= 0.6 is 27.5 Å². The summed E-state index contributed by atoms with van der Waals surface area (Å²) in [7, 11) is 1.62. The summed E-state index contributed by atoms with van der Waals surface area (Å²) in [5.41, 5.74) is 1.000. The van der Waals surface area contributed by atoms with Crippen LogP contribution in [0.25, 0.3) is 0 Å². The van der Waals surface area contributed by atoms with Crippen molar-refractivity contribution in [3.05, 3.63) is 34.9 Å². The monoisotopic (exact) mass is 370 g/mol. The van der Waals surface area contributed by atoms with Crippen LogP contribution in [0.5, 0.6) is 0 Å². The van der Waals surface area contributed by atoms with Crippen LogP contribution in [0.1, 0.15) is 5.56 Å². The third-order valence-corrected chi connectivity index (χ3v) is 4.49. The van der Waals surface area contributed by atoms with Crippen molar-refractivity contribution >= 4 is 44.2 Å². The molecule has 1 saturated heterocycles. The quantitative estimate of drug-likeness (QED) is 0.806. The number of fused-ring (bicyclic) bond motifs is 1. The first-order chi connectivity index (χ1) is 9.97. The molecule has 2 aliphatic rings. The maximum atomic E-state index is 12.1. The van der Waals surface area contributed by atoms with E-state index in [1.807, 2.05) is 17.0 Å². The Morgan fingerprint density at radius 2 is 2.00 bits per heavy atom. The summed E-state index contributed by atoms with van der Waals surface area (Å²) >= 11 is 9.24. The van der Waals surface area contributed by atoms with Gasteiger partial charge >= 0.3 is 6.03 Å². The van der Waals surface area contributed by atoms with Crippen LogP contribution in [0.15, 0.2) is 29.3 Å². The number of amidine groups is 1. The molecule has 0 bridgehead atoms. The molecule has 1 N–H and O–H groups in total. The lowest BCUT2D eigenvalue weighted by molar-refractivity contribution is -0.127. The second kappa shape index (κ2) is 5.31. The topological polar surface area (TPSA) is 65.0 Å². The van der Waals surface area contributed by atoms with E-state index in [2.05, 4.69) is 26.2 Å². The zero-order valence-electron chi connectivity index (χ0n) is 11.1. The van der Waals surface area contributed by atoms with Gasteiger partial charge in [0.1, 0.15) is 0 Å². The standard InChI is InChI=1S/C13H12BrClN4O2/c1-18-10-9(11(20)17-13(18)21)19(12(14)16-10)6-7-2-4-8(15)5-3-7/h2-5,9-10H,6H2,1H3,(H,17,20,21). The van der Waals surface area contributed by atoms with E-state index in [1.54, 1.807) is 19.2 Å². The summed E-state index contributed by atoms with van der Waals surface area (Å²) in [6.45, 7) is 0.498. The lowest BCUT2D eigenvalue weighted by atomic mass is 10.1. The van der Waals surface area contributed by atoms with E-state index >= 15 is 0 Å². The average Bonchev–Trinajstić information content (AvgIpc) is 2.77. The minimum Gasteiger partial charge on any atom is -0.331 e. The van der Waals surface area contributed by atoms with Crippen LogP contribution in [0.2, 0.25) is 5.02 Å². The van der Waals surface area contributed by atoms with Crippen molar-refractivity contribution < 1.29 is 9.59 Å². The maximum absolute atomic E-state index is 12.1. The molecule has 0 aliphatic carbocycles. The fourth-order valence-corrected chi connectivity index (χ4v) is 3.12. The predicted molar refractivity (Wildman–Crippen MR) is 82.2 cm³/mol. The fraction of sp³-hybridized carbons (Fsp3) is 0.308. The first-order valence-corrected chi connectivity index (χ1v) is 7.46. The molecule has 0 radical (unpaired) electrons.